The lowest BCUT2D eigenvalue weighted by Gasteiger charge is -2.21. The first kappa shape index (κ1) is 19.9. The minimum absolute atomic E-state index is 0.173. The Morgan fingerprint density at radius 3 is 2.54 bits per heavy atom. The molecule has 28 heavy (non-hydrogen) atoms. The van der Waals surface area contributed by atoms with Crippen molar-refractivity contribution in [3.8, 4) is 11.5 Å². The number of nitrogens with zero attached hydrogens (tertiary/aromatic N) is 1. The van der Waals surface area contributed by atoms with E-state index in [0.717, 1.165) is 5.56 Å². The highest BCUT2D eigenvalue weighted by atomic mass is 79.9. The lowest BCUT2D eigenvalue weighted by Crippen LogP contribution is -2.38. The Bertz CT molecular complexity index is 922. The van der Waals surface area contributed by atoms with E-state index in [0.29, 0.717) is 34.6 Å². The van der Waals surface area contributed by atoms with Crippen LogP contribution in [0.2, 0.25) is 0 Å². The van der Waals surface area contributed by atoms with E-state index in [1.807, 2.05) is 26.0 Å². The molecule has 2 aromatic rings. The van der Waals surface area contributed by atoms with Gasteiger partial charge in [0.05, 0.1) is 5.56 Å². The number of amides is 2. The number of carbonyl (C=O) groups is 2. The molecule has 0 fully saturated rings. The second-order valence-corrected chi connectivity index (χ2v) is 6.94. The van der Waals surface area contributed by atoms with E-state index >= 15 is 0 Å². The van der Waals surface area contributed by atoms with Gasteiger partial charge in [0.1, 0.15) is 5.70 Å². The Morgan fingerprint density at radius 1 is 1.11 bits per heavy atom. The van der Waals surface area contributed by atoms with Crippen LogP contribution in [0.15, 0.2) is 52.6 Å². The van der Waals surface area contributed by atoms with Crippen LogP contribution in [0, 0.1) is 0 Å². The summed E-state index contributed by atoms with van der Waals surface area (Å²) in [5, 5.41) is 2.77. The quantitative estimate of drug-likeness (QED) is 0.687. The minimum atomic E-state index is -0.361. The maximum Gasteiger partial charge on any atom is 0.270 e. The lowest BCUT2D eigenvalue weighted by atomic mass is 10.1. The lowest BCUT2D eigenvalue weighted by molar-refractivity contribution is -0.127. The van der Waals surface area contributed by atoms with Crippen molar-refractivity contribution in [3.05, 3.63) is 63.8 Å². The zero-order chi connectivity index (χ0) is 20.1. The van der Waals surface area contributed by atoms with Crippen LogP contribution in [0.1, 0.15) is 29.8 Å². The van der Waals surface area contributed by atoms with Gasteiger partial charge in [-0.25, -0.2) is 0 Å². The second-order valence-electron chi connectivity index (χ2n) is 6.08. The molecule has 1 heterocycles. The number of hydrogen-bond acceptors (Lipinski definition) is 4. The van der Waals surface area contributed by atoms with Crippen molar-refractivity contribution in [2.45, 2.75) is 13.8 Å². The van der Waals surface area contributed by atoms with E-state index in [1.54, 1.807) is 41.3 Å². The first-order chi connectivity index (χ1) is 13.5. The van der Waals surface area contributed by atoms with Crippen molar-refractivity contribution >= 4 is 33.8 Å². The number of benzene rings is 2. The van der Waals surface area contributed by atoms with Crippen LogP contribution in [-0.4, -0.2) is 36.6 Å². The third kappa shape index (κ3) is 4.36. The van der Waals surface area contributed by atoms with Crippen molar-refractivity contribution in [1.82, 2.24) is 10.2 Å². The fraction of sp³-hybridized carbons (Fsp3) is 0.238. The monoisotopic (exact) mass is 444 g/mol. The average molecular weight is 445 g/mol. The van der Waals surface area contributed by atoms with Gasteiger partial charge in [-0.2, -0.15) is 0 Å². The minimum Gasteiger partial charge on any atom is -0.454 e. The van der Waals surface area contributed by atoms with E-state index in [4.69, 9.17) is 9.47 Å². The van der Waals surface area contributed by atoms with Crippen LogP contribution in [0.5, 0.6) is 11.5 Å². The van der Waals surface area contributed by atoms with Gasteiger partial charge in [0.15, 0.2) is 11.5 Å². The summed E-state index contributed by atoms with van der Waals surface area (Å²) in [5.74, 6) is 0.662. The van der Waals surface area contributed by atoms with Crippen LogP contribution in [-0.2, 0) is 4.79 Å². The molecule has 0 spiro atoms. The van der Waals surface area contributed by atoms with Crippen molar-refractivity contribution in [2.75, 3.05) is 19.9 Å². The van der Waals surface area contributed by atoms with Crippen LogP contribution in [0.25, 0.3) is 6.08 Å². The average Bonchev–Trinajstić information content (AvgIpc) is 3.16. The zero-order valence-electron chi connectivity index (χ0n) is 15.7. The summed E-state index contributed by atoms with van der Waals surface area (Å²) in [6.07, 6.45) is 1.65. The molecule has 1 N–H and O–H groups in total. The Labute approximate surface area is 172 Å². The molecule has 0 saturated heterocycles. The number of hydrogen-bond donors (Lipinski definition) is 1. The molecule has 7 heteroatoms. The maximum atomic E-state index is 13.0. The normalized spacial score (nSPS) is 12.6. The predicted molar refractivity (Wildman–Crippen MR) is 110 cm³/mol. The van der Waals surface area contributed by atoms with E-state index in [1.165, 1.54) is 0 Å². The molecule has 0 bridgehead atoms. The van der Waals surface area contributed by atoms with Crippen molar-refractivity contribution in [3.63, 3.8) is 0 Å². The Balaban J connectivity index is 1.94. The van der Waals surface area contributed by atoms with E-state index < -0.39 is 0 Å². The highest BCUT2D eigenvalue weighted by Gasteiger charge is 2.20. The molecule has 0 radical (unpaired) electrons. The number of rotatable bonds is 6. The summed E-state index contributed by atoms with van der Waals surface area (Å²) in [7, 11) is 0. The van der Waals surface area contributed by atoms with Gasteiger partial charge in [0.2, 0.25) is 6.79 Å². The third-order valence-electron chi connectivity index (χ3n) is 4.36. The first-order valence-corrected chi connectivity index (χ1v) is 9.79. The van der Waals surface area contributed by atoms with Gasteiger partial charge in [-0.1, -0.05) is 18.2 Å². The fourth-order valence-electron chi connectivity index (χ4n) is 2.84. The molecule has 0 aliphatic carbocycles. The van der Waals surface area contributed by atoms with Crippen LogP contribution in [0.4, 0.5) is 0 Å². The summed E-state index contributed by atoms with van der Waals surface area (Å²) in [4.78, 5) is 27.4. The van der Waals surface area contributed by atoms with E-state index in [9.17, 15) is 9.59 Å². The largest absolute Gasteiger partial charge is 0.454 e. The summed E-state index contributed by atoms with van der Waals surface area (Å²) in [5.41, 5.74) is 1.38. The highest BCUT2D eigenvalue weighted by Crippen LogP contribution is 2.33. The summed E-state index contributed by atoms with van der Waals surface area (Å²) >= 11 is 3.37. The number of ether oxygens (including phenoxy) is 2. The smallest absolute Gasteiger partial charge is 0.270 e. The fourth-order valence-corrected chi connectivity index (χ4v) is 3.30. The summed E-state index contributed by atoms with van der Waals surface area (Å²) in [6, 6.07) is 12.4. The summed E-state index contributed by atoms with van der Waals surface area (Å²) < 4.78 is 11.4. The second kappa shape index (κ2) is 8.93. The van der Waals surface area contributed by atoms with Crippen LogP contribution < -0.4 is 14.8 Å². The molecule has 1 aliphatic rings. The Hall–Kier alpha value is -2.80. The van der Waals surface area contributed by atoms with Crippen LogP contribution >= 0.6 is 15.9 Å². The molecule has 0 unspecified atom stereocenters. The molecule has 6 nitrogen and oxygen atoms in total. The molecule has 0 aromatic heterocycles. The number of likely N-dealkylation sites (N-methyl/N-ethyl adjacent to an activating group) is 1. The Morgan fingerprint density at radius 2 is 1.82 bits per heavy atom. The highest BCUT2D eigenvalue weighted by molar-refractivity contribution is 9.10. The van der Waals surface area contributed by atoms with Crippen molar-refractivity contribution < 1.29 is 19.1 Å². The standard InChI is InChI=1S/C21H21BrN2O4/c1-3-24(4-2)21(26)17(23-20(25)15-7-5-6-8-16(15)22)11-14-9-10-18-19(12-14)28-13-27-18/h5-12H,3-4,13H2,1-2H3,(H,23,25)/b17-11+. The van der Waals surface area contributed by atoms with Crippen LogP contribution in [0.3, 0.4) is 0 Å². The summed E-state index contributed by atoms with van der Waals surface area (Å²) in [6.45, 7) is 5.05. The first-order valence-electron chi connectivity index (χ1n) is 9.00. The number of halogens is 1. The Kier molecular flexibility index (Phi) is 6.36. The molecule has 146 valence electrons. The van der Waals surface area contributed by atoms with Crippen molar-refractivity contribution in [2.24, 2.45) is 0 Å². The topological polar surface area (TPSA) is 67.9 Å². The molecular weight excluding hydrogens is 424 g/mol. The van der Waals surface area contributed by atoms with Gasteiger partial charge in [0, 0.05) is 17.6 Å². The molecular formula is C21H21BrN2O4. The zero-order valence-corrected chi connectivity index (χ0v) is 17.3. The SMILES string of the molecule is CCN(CC)C(=O)/C(=C\c1ccc2c(c1)OCO2)NC(=O)c1ccccc1Br. The molecule has 3 rings (SSSR count). The van der Waals surface area contributed by atoms with E-state index in [-0.39, 0.29) is 24.3 Å². The van der Waals surface area contributed by atoms with E-state index in [2.05, 4.69) is 21.2 Å². The maximum absolute atomic E-state index is 13.0. The molecule has 2 aromatic carbocycles. The van der Waals surface area contributed by atoms with Gasteiger partial charge in [-0.15, -0.1) is 0 Å². The molecule has 0 atom stereocenters. The third-order valence-corrected chi connectivity index (χ3v) is 5.05. The number of nitrogens with one attached hydrogen (secondary N) is 1. The predicted octanol–water partition coefficient (Wildman–Crippen LogP) is 3.82. The van der Waals surface area contributed by atoms with Gasteiger partial charge in [-0.05, 0) is 65.7 Å². The van der Waals surface area contributed by atoms with Gasteiger partial charge < -0.3 is 19.7 Å². The number of fused-ring (bicyclic) bond motifs is 1. The van der Waals surface area contributed by atoms with Gasteiger partial charge >= 0.3 is 0 Å². The van der Waals surface area contributed by atoms with Crippen molar-refractivity contribution in [1.29, 1.82) is 0 Å². The number of carbonyl (C=O) groups excluding carboxylic acids is 2. The molecule has 1 aliphatic heterocycles. The molecule has 2 amide bonds. The van der Waals surface area contributed by atoms with Gasteiger partial charge in [-0.3, -0.25) is 9.59 Å². The molecule has 0 saturated carbocycles. The van der Waals surface area contributed by atoms with Gasteiger partial charge in [0.25, 0.3) is 11.8 Å².